The van der Waals surface area contributed by atoms with Crippen molar-refractivity contribution in [2.45, 2.75) is 38.2 Å². The third kappa shape index (κ3) is 3.25. The molecule has 0 amide bonds. The number of halogens is 1. The first kappa shape index (κ1) is 9.74. The van der Waals surface area contributed by atoms with Gasteiger partial charge in [-0.05, 0) is 19.8 Å². The van der Waals surface area contributed by atoms with Crippen LogP contribution in [0.5, 0.6) is 0 Å². The summed E-state index contributed by atoms with van der Waals surface area (Å²) in [5.74, 6) is 0. The van der Waals surface area contributed by atoms with Crippen LogP contribution in [0, 0.1) is 0 Å². The van der Waals surface area contributed by atoms with Gasteiger partial charge in [0.1, 0.15) is 5.60 Å². The topological polar surface area (TPSA) is 18.5 Å². The van der Waals surface area contributed by atoms with Crippen molar-refractivity contribution < 1.29 is 9.78 Å². The van der Waals surface area contributed by atoms with Crippen LogP contribution >= 0.6 is 22.6 Å². The fourth-order valence-corrected chi connectivity index (χ4v) is 1.66. The zero-order chi connectivity index (χ0) is 8.16. The van der Waals surface area contributed by atoms with Crippen LogP contribution < -0.4 is 0 Å². The fourth-order valence-electron chi connectivity index (χ4n) is 1.15. The second-order valence-corrected chi connectivity index (χ2v) is 4.06. The largest absolute Gasteiger partial charge is 0.236 e. The van der Waals surface area contributed by atoms with Gasteiger partial charge in [-0.2, -0.15) is 0 Å². The van der Waals surface area contributed by atoms with Crippen LogP contribution in [-0.2, 0) is 9.78 Å². The summed E-state index contributed by atoms with van der Waals surface area (Å²) in [7, 11) is 0. The minimum absolute atomic E-state index is 0.0407. The van der Waals surface area contributed by atoms with Crippen molar-refractivity contribution >= 4 is 22.6 Å². The molecule has 0 N–H and O–H groups in total. The summed E-state index contributed by atoms with van der Waals surface area (Å²) in [4.78, 5) is 10.4. The highest BCUT2D eigenvalue weighted by Crippen LogP contribution is 2.24. The molecule has 1 saturated heterocycles. The molecular weight excluding hydrogens is 255 g/mol. The van der Waals surface area contributed by atoms with Crippen molar-refractivity contribution in [1.82, 2.24) is 0 Å². The summed E-state index contributed by atoms with van der Waals surface area (Å²) in [6.07, 6.45) is 4.80. The van der Waals surface area contributed by atoms with Crippen LogP contribution in [0.2, 0.25) is 0 Å². The first-order valence-corrected chi connectivity index (χ1v) is 5.66. The van der Waals surface area contributed by atoms with E-state index >= 15 is 0 Å². The standard InChI is InChI=1S/C8H15IO2/c1-8(7-9)5-3-2-4-6-10-11-8/h2-7H2,1H3. The molecule has 1 unspecified atom stereocenters. The minimum Gasteiger partial charge on any atom is -0.236 e. The van der Waals surface area contributed by atoms with Crippen molar-refractivity contribution in [3.05, 3.63) is 0 Å². The molecule has 2 nitrogen and oxygen atoms in total. The van der Waals surface area contributed by atoms with E-state index in [1.165, 1.54) is 12.8 Å². The Hall–Kier alpha value is 0.650. The van der Waals surface area contributed by atoms with Gasteiger partial charge in [-0.15, -0.1) is 0 Å². The van der Waals surface area contributed by atoms with Crippen molar-refractivity contribution in [3.63, 3.8) is 0 Å². The van der Waals surface area contributed by atoms with E-state index < -0.39 is 0 Å². The highest BCUT2D eigenvalue weighted by Gasteiger charge is 2.25. The van der Waals surface area contributed by atoms with Crippen molar-refractivity contribution in [2.24, 2.45) is 0 Å². The molecule has 1 rings (SSSR count). The highest BCUT2D eigenvalue weighted by atomic mass is 127. The van der Waals surface area contributed by atoms with Crippen LogP contribution in [0.25, 0.3) is 0 Å². The summed E-state index contributed by atoms with van der Waals surface area (Å²) in [5.41, 5.74) is -0.0407. The van der Waals surface area contributed by atoms with Crippen molar-refractivity contribution in [2.75, 3.05) is 11.0 Å². The summed E-state index contributed by atoms with van der Waals surface area (Å²) in [6, 6.07) is 0. The maximum absolute atomic E-state index is 5.31. The van der Waals surface area contributed by atoms with Gasteiger partial charge >= 0.3 is 0 Å². The summed E-state index contributed by atoms with van der Waals surface area (Å²) >= 11 is 2.35. The molecule has 1 aliphatic rings. The Labute approximate surface area is 81.7 Å². The minimum atomic E-state index is -0.0407. The second-order valence-electron chi connectivity index (χ2n) is 3.30. The van der Waals surface area contributed by atoms with E-state index in [9.17, 15) is 0 Å². The molecule has 0 radical (unpaired) electrons. The molecule has 0 bridgehead atoms. The number of hydrogen-bond donors (Lipinski definition) is 0. The maximum Gasteiger partial charge on any atom is 0.110 e. The Morgan fingerprint density at radius 1 is 1.36 bits per heavy atom. The number of alkyl halides is 1. The summed E-state index contributed by atoms with van der Waals surface area (Å²) in [5, 5.41) is 0. The fraction of sp³-hybridized carbons (Fsp3) is 1.00. The van der Waals surface area contributed by atoms with Gasteiger partial charge in [0.2, 0.25) is 0 Å². The Bertz CT molecular complexity index is 109. The van der Waals surface area contributed by atoms with Crippen molar-refractivity contribution in [1.29, 1.82) is 0 Å². The molecule has 11 heavy (non-hydrogen) atoms. The zero-order valence-corrected chi connectivity index (χ0v) is 9.09. The van der Waals surface area contributed by atoms with Crippen LogP contribution in [0.15, 0.2) is 0 Å². The molecule has 0 aliphatic carbocycles. The van der Waals surface area contributed by atoms with Gasteiger partial charge in [0.15, 0.2) is 0 Å². The summed E-state index contributed by atoms with van der Waals surface area (Å²) in [6.45, 7) is 2.87. The van der Waals surface area contributed by atoms with E-state index in [1.54, 1.807) is 0 Å². The Kier molecular flexibility index (Phi) is 4.09. The number of hydrogen-bond acceptors (Lipinski definition) is 2. The van der Waals surface area contributed by atoms with Crippen molar-refractivity contribution in [3.8, 4) is 0 Å². The Morgan fingerprint density at radius 3 is 2.91 bits per heavy atom. The van der Waals surface area contributed by atoms with Gasteiger partial charge in [-0.3, -0.25) is 0 Å². The lowest BCUT2D eigenvalue weighted by atomic mass is 10.0. The van der Waals surface area contributed by atoms with Crippen LogP contribution in [0.3, 0.4) is 0 Å². The second kappa shape index (κ2) is 4.62. The molecule has 66 valence electrons. The average molecular weight is 270 g/mol. The Morgan fingerprint density at radius 2 is 2.18 bits per heavy atom. The first-order valence-electron chi connectivity index (χ1n) is 4.13. The zero-order valence-electron chi connectivity index (χ0n) is 6.94. The third-order valence-electron chi connectivity index (χ3n) is 1.98. The molecule has 1 aliphatic heterocycles. The van der Waals surface area contributed by atoms with E-state index in [1.807, 2.05) is 0 Å². The van der Waals surface area contributed by atoms with E-state index in [0.29, 0.717) is 0 Å². The SMILES string of the molecule is CC1(CI)CCCCCOO1. The molecule has 1 fully saturated rings. The molecule has 0 aromatic rings. The molecule has 3 heteroatoms. The van der Waals surface area contributed by atoms with Gasteiger partial charge in [0.25, 0.3) is 0 Å². The average Bonchev–Trinajstić information content (AvgIpc) is 1.98. The smallest absolute Gasteiger partial charge is 0.110 e. The molecule has 0 saturated carbocycles. The predicted molar refractivity (Wildman–Crippen MR) is 52.8 cm³/mol. The lowest BCUT2D eigenvalue weighted by Gasteiger charge is -2.27. The Balaban J connectivity index is 2.37. The van der Waals surface area contributed by atoms with Gasteiger partial charge in [-0.1, -0.05) is 35.4 Å². The van der Waals surface area contributed by atoms with E-state index in [4.69, 9.17) is 9.78 Å². The first-order chi connectivity index (χ1) is 5.27. The van der Waals surface area contributed by atoms with Gasteiger partial charge < -0.3 is 0 Å². The lowest BCUT2D eigenvalue weighted by Crippen LogP contribution is -2.32. The van der Waals surface area contributed by atoms with Crippen LogP contribution in [0.1, 0.15) is 32.6 Å². The van der Waals surface area contributed by atoms with E-state index in [-0.39, 0.29) is 5.60 Å². The highest BCUT2D eigenvalue weighted by molar-refractivity contribution is 14.1. The van der Waals surface area contributed by atoms with E-state index in [2.05, 4.69) is 29.5 Å². The van der Waals surface area contributed by atoms with Crippen LogP contribution in [0.4, 0.5) is 0 Å². The molecule has 1 heterocycles. The number of rotatable bonds is 1. The lowest BCUT2D eigenvalue weighted by molar-refractivity contribution is -0.356. The third-order valence-corrected chi connectivity index (χ3v) is 3.59. The quantitative estimate of drug-likeness (QED) is 0.414. The normalized spacial score (nSPS) is 34.4. The molecule has 0 spiro atoms. The van der Waals surface area contributed by atoms with Gasteiger partial charge in [0.05, 0.1) is 6.61 Å². The van der Waals surface area contributed by atoms with Gasteiger partial charge in [-0.25, -0.2) is 9.78 Å². The summed E-state index contributed by atoms with van der Waals surface area (Å²) < 4.78 is 1.00. The van der Waals surface area contributed by atoms with Gasteiger partial charge in [0, 0.05) is 4.43 Å². The molecule has 0 aromatic heterocycles. The monoisotopic (exact) mass is 270 g/mol. The predicted octanol–water partition coefficient (Wildman–Crippen LogP) is 2.70. The molecule has 1 atom stereocenters. The maximum atomic E-state index is 5.31. The van der Waals surface area contributed by atoms with E-state index in [0.717, 1.165) is 23.9 Å². The van der Waals surface area contributed by atoms with Crippen LogP contribution in [-0.4, -0.2) is 16.6 Å². The molecule has 0 aromatic carbocycles. The molecular formula is C8H15IO2.